The molecule has 0 saturated carbocycles. The molecule has 2 aromatic carbocycles. The van der Waals surface area contributed by atoms with E-state index in [1.54, 1.807) is 18.3 Å². The summed E-state index contributed by atoms with van der Waals surface area (Å²) in [4.78, 5) is 4.39. The first-order valence-electron chi connectivity index (χ1n) is 7.28. The van der Waals surface area contributed by atoms with E-state index >= 15 is 0 Å². The van der Waals surface area contributed by atoms with Gasteiger partial charge in [0.15, 0.2) is 0 Å². The van der Waals surface area contributed by atoms with E-state index in [1.807, 2.05) is 42.5 Å². The van der Waals surface area contributed by atoms with Gasteiger partial charge in [0, 0.05) is 27.4 Å². The van der Waals surface area contributed by atoms with Crippen LogP contribution in [0.15, 0.2) is 60.8 Å². The number of nitrogens with zero attached hydrogens (tertiary/aromatic N) is 1. The first-order valence-corrected chi connectivity index (χ1v) is 9.15. The standard InChI is InChI=1S/C18H16ClNO2S/c19-16-7-2-8-17(12-16)22-10-11-23(21)13-15-5-1-4-14-6-3-9-20-18(14)15/h1-9,12H,10-11,13H2/t23-/m1/s1. The number of benzene rings is 2. The van der Waals surface area contributed by atoms with Crippen molar-refractivity contribution in [3.63, 3.8) is 0 Å². The van der Waals surface area contributed by atoms with E-state index in [0.29, 0.717) is 28.9 Å². The Hall–Kier alpha value is -1.91. The van der Waals surface area contributed by atoms with Crippen LogP contribution in [0.3, 0.4) is 0 Å². The molecule has 0 saturated heterocycles. The molecule has 1 atom stereocenters. The molecule has 0 bridgehead atoms. The van der Waals surface area contributed by atoms with Crippen LogP contribution in [0.2, 0.25) is 5.02 Å². The summed E-state index contributed by atoms with van der Waals surface area (Å²) in [5.41, 5.74) is 1.92. The molecule has 5 heteroatoms. The van der Waals surface area contributed by atoms with E-state index in [4.69, 9.17) is 16.3 Å². The number of fused-ring (bicyclic) bond motifs is 1. The van der Waals surface area contributed by atoms with Crippen molar-refractivity contribution in [3.05, 3.63) is 71.4 Å². The Kier molecular flexibility index (Phi) is 5.26. The Bertz CT molecular complexity index is 833. The lowest BCUT2D eigenvalue weighted by atomic mass is 10.1. The number of hydrogen-bond acceptors (Lipinski definition) is 3. The predicted molar refractivity (Wildman–Crippen MR) is 95.4 cm³/mol. The zero-order valence-electron chi connectivity index (χ0n) is 12.4. The molecule has 1 aromatic heterocycles. The van der Waals surface area contributed by atoms with Crippen LogP contribution in [0.4, 0.5) is 0 Å². The number of halogens is 1. The molecule has 0 aliphatic heterocycles. The third-order valence-corrected chi connectivity index (χ3v) is 4.90. The predicted octanol–water partition coefficient (Wildman–Crippen LogP) is 4.22. The van der Waals surface area contributed by atoms with Crippen molar-refractivity contribution in [2.45, 2.75) is 5.75 Å². The molecule has 23 heavy (non-hydrogen) atoms. The Balaban J connectivity index is 1.59. The van der Waals surface area contributed by atoms with Gasteiger partial charge in [0.25, 0.3) is 0 Å². The summed E-state index contributed by atoms with van der Waals surface area (Å²) in [7, 11) is -1.00. The fourth-order valence-electron chi connectivity index (χ4n) is 2.34. The van der Waals surface area contributed by atoms with Crippen LogP contribution < -0.4 is 4.74 Å². The van der Waals surface area contributed by atoms with Gasteiger partial charge in [-0.05, 0) is 29.8 Å². The summed E-state index contributed by atoms with van der Waals surface area (Å²) in [6.45, 7) is 0.394. The zero-order valence-corrected chi connectivity index (χ0v) is 14.0. The molecule has 0 unspecified atom stereocenters. The van der Waals surface area contributed by atoms with Crippen LogP contribution in [-0.2, 0) is 16.6 Å². The summed E-state index contributed by atoms with van der Waals surface area (Å²) in [5.74, 6) is 1.64. The molecule has 0 aliphatic rings. The average molecular weight is 346 g/mol. The highest BCUT2D eigenvalue weighted by Gasteiger charge is 2.07. The Morgan fingerprint density at radius 1 is 1.09 bits per heavy atom. The van der Waals surface area contributed by atoms with E-state index in [-0.39, 0.29) is 0 Å². The number of hydrogen-bond donors (Lipinski definition) is 0. The van der Waals surface area contributed by atoms with Gasteiger partial charge in [0.2, 0.25) is 0 Å². The maximum absolute atomic E-state index is 12.3. The summed E-state index contributed by atoms with van der Waals surface area (Å²) in [6.07, 6.45) is 1.76. The molecular formula is C18H16ClNO2S. The van der Waals surface area contributed by atoms with Gasteiger partial charge in [-0.2, -0.15) is 0 Å². The molecule has 0 fully saturated rings. The summed E-state index contributed by atoms with van der Waals surface area (Å²) in [6, 6.07) is 17.1. The second-order valence-corrected chi connectivity index (χ2v) is 7.10. The topological polar surface area (TPSA) is 39.2 Å². The van der Waals surface area contributed by atoms with E-state index in [0.717, 1.165) is 16.5 Å². The molecule has 3 aromatic rings. The minimum absolute atomic E-state index is 0.394. The third kappa shape index (κ3) is 4.30. The second-order valence-electron chi connectivity index (χ2n) is 5.09. The molecule has 3 rings (SSSR count). The highest BCUT2D eigenvalue weighted by molar-refractivity contribution is 7.84. The van der Waals surface area contributed by atoms with Crippen molar-refractivity contribution in [1.29, 1.82) is 0 Å². The maximum atomic E-state index is 12.3. The Labute approximate surface area is 142 Å². The number of aromatic nitrogens is 1. The van der Waals surface area contributed by atoms with E-state index in [2.05, 4.69) is 4.98 Å². The Morgan fingerprint density at radius 3 is 2.78 bits per heavy atom. The summed E-state index contributed by atoms with van der Waals surface area (Å²) < 4.78 is 17.9. The van der Waals surface area contributed by atoms with Gasteiger partial charge in [-0.25, -0.2) is 0 Å². The number of ether oxygens (including phenoxy) is 1. The van der Waals surface area contributed by atoms with Crippen molar-refractivity contribution in [1.82, 2.24) is 4.98 Å². The van der Waals surface area contributed by atoms with Crippen LogP contribution in [-0.4, -0.2) is 21.6 Å². The van der Waals surface area contributed by atoms with Gasteiger partial charge < -0.3 is 4.74 Å². The number of rotatable bonds is 6. The number of pyridine rings is 1. The molecule has 1 heterocycles. The molecule has 0 spiro atoms. The van der Waals surface area contributed by atoms with Crippen LogP contribution in [0.1, 0.15) is 5.56 Å². The van der Waals surface area contributed by atoms with Crippen molar-refractivity contribution in [2.24, 2.45) is 0 Å². The fraction of sp³-hybridized carbons (Fsp3) is 0.167. The lowest BCUT2D eigenvalue weighted by Gasteiger charge is -2.08. The van der Waals surface area contributed by atoms with Crippen LogP contribution in [0.5, 0.6) is 5.75 Å². The van der Waals surface area contributed by atoms with Gasteiger partial charge in [-0.1, -0.05) is 41.9 Å². The smallest absolute Gasteiger partial charge is 0.120 e. The van der Waals surface area contributed by atoms with Gasteiger partial charge in [-0.15, -0.1) is 0 Å². The molecule has 0 N–H and O–H groups in total. The number of para-hydroxylation sites is 1. The summed E-state index contributed by atoms with van der Waals surface area (Å²) >= 11 is 5.90. The molecular weight excluding hydrogens is 330 g/mol. The minimum atomic E-state index is -1.00. The average Bonchev–Trinajstić information content (AvgIpc) is 2.55. The molecule has 0 radical (unpaired) electrons. The zero-order chi connectivity index (χ0) is 16.1. The molecule has 3 nitrogen and oxygen atoms in total. The Morgan fingerprint density at radius 2 is 1.91 bits per heavy atom. The van der Waals surface area contributed by atoms with Gasteiger partial charge in [-0.3, -0.25) is 9.19 Å². The monoisotopic (exact) mass is 345 g/mol. The molecule has 118 valence electrons. The quantitative estimate of drug-likeness (QED) is 0.671. The third-order valence-electron chi connectivity index (χ3n) is 3.41. The van der Waals surface area contributed by atoms with Gasteiger partial charge >= 0.3 is 0 Å². The lowest BCUT2D eigenvalue weighted by Crippen LogP contribution is -2.10. The van der Waals surface area contributed by atoms with Gasteiger partial charge in [0.1, 0.15) is 5.75 Å². The SMILES string of the molecule is O=[S@](CCOc1cccc(Cl)c1)Cc1cccc2cccnc12. The fourth-order valence-corrected chi connectivity index (χ4v) is 3.51. The van der Waals surface area contributed by atoms with E-state index in [1.165, 1.54) is 0 Å². The lowest BCUT2D eigenvalue weighted by molar-refractivity contribution is 0.342. The molecule has 0 amide bonds. The maximum Gasteiger partial charge on any atom is 0.120 e. The summed E-state index contributed by atoms with van der Waals surface area (Å²) in [5, 5.41) is 1.70. The van der Waals surface area contributed by atoms with Crippen LogP contribution in [0.25, 0.3) is 10.9 Å². The first-order chi connectivity index (χ1) is 11.2. The highest BCUT2D eigenvalue weighted by Crippen LogP contribution is 2.18. The van der Waals surface area contributed by atoms with Crippen LogP contribution in [0, 0.1) is 0 Å². The normalized spacial score (nSPS) is 12.2. The highest BCUT2D eigenvalue weighted by atomic mass is 35.5. The first kappa shape index (κ1) is 16.0. The van der Waals surface area contributed by atoms with Crippen LogP contribution >= 0.6 is 11.6 Å². The van der Waals surface area contributed by atoms with Gasteiger partial charge in [0.05, 0.1) is 23.6 Å². The minimum Gasteiger partial charge on any atom is -0.493 e. The van der Waals surface area contributed by atoms with E-state index in [9.17, 15) is 4.21 Å². The second kappa shape index (κ2) is 7.57. The molecule has 0 aliphatic carbocycles. The van der Waals surface area contributed by atoms with Crippen molar-refractivity contribution in [3.8, 4) is 5.75 Å². The van der Waals surface area contributed by atoms with Crippen molar-refractivity contribution < 1.29 is 8.95 Å². The largest absolute Gasteiger partial charge is 0.493 e. The van der Waals surface area contributed by atoms with Crippen molar-refractivity contribution >= 4 is 33.3 Å². The van der Waals surface area contributed by atoms with E-state index < -0.39 is 10.8 Å². The van der Waals surface area contributed by atoms with Crippen molar-refractivity contribution in [2.75, 3.05) is 12.4 Å².